The number of amides is 1. The van der Waals surface area contributed by atoms with E-state index < -0.39 is 0 Å². The number of anilines is 1. The zero-order valence-corrected chi connectivity index (χ0v) is 13.6. The van der Waals surface area contributed by atoms with Gasteiger partial charge in [-0.05, 0) is 50.6 Å². The molecule has 2 rings (SSSR count). The first kappa shape index (κ1) is 18.5. The molecule has 1 unspecified atom stereocenters. The average molecular weight is 327 g/mol. The van der Waals surface area contributed by atoms with Crippen LogP contribution in [0, 0.1) is 0 Å². The fraction of sp³-hybridized carbons (Fsp3) is 0.500. The second-order valence-electron chi connectivity index (χ2n) is 5.20. The Morgan fingerprint density at radius 3 is 2.59 bits per heavy atom. The Morgan fingerprint density at radius 2 is 2.00 bits per heavy atom. The number of rotatable bonds is 5. The molecule has 1 fully saturated rings. The lowest BCUT2D eigenvalue weighted by Gasteiger charge is -2.22. The van der Waals surface area contributed by atoms with Crippen molar-refractivity contribution in [3.8, 4) is 0 Å². The highest BCUT2D eigenvalue weighted by Gasteiger charge is 2.16. The quantitative estimate of drug-likeness (QED) is 0.816. The highest BCUT2D eigenvalue weighted by molar-refractivity contribution is 5.93. The molecule has 0 bridgehead atoms. The first-order valence-corrected chi connectivity index (χ1v) is 7.49. The van der Waals surface area contributed by atoms with Crippen LogP contribution in [0.25, 0.3) is 0 Å². The number of benzene rings is 1. The van der Waals surface area contributed by atoms with E-state index in [1.54, 1.807) is 31.2 Å². The van der Waals surface area contributed by atoms with Crippen LogP contribution in [0.1, 0.15) is 43.0 Å². The Balaban J connectivity index is 0.00000242. The van der Waals surface area contributed by atoms with Crippen molar-refractivity contribution < 1.29 is 14.3 Å². The summed E-state index contributed by atoms with van der Waals surface area (Å²) < 4.78 is 4.91. The Labute approximate surface area is 137 Å². The van der Waals surface area contributed by atoms with E-state index in [1.165, 1.54) is 12.8 Å². The lowest BCUT2D eigenvalue weighted by Crippen LogP contribution is -2.36. The van der Waals surface area contributed by atoms with Crippen LogP contribution in [-0.2, 0) is 9.53 Å². The van der Waals surface area contributed by atoms with Gasteiger partial charge in [0.1, 0.15) is 0 Å². The smallest absolute Gasteiger partial charge is 0.338 e. The molecule has 122 valence electrons. The van der Waals surface area contributed by atoms with E-state index in [-0.39, 0.29) is 30.3 Å². The number of carbonyl (C=O) groups excluding carboxylic acids is 2. The third-order valence-electron chi connectivity index (χ3n) is 3.52. The molecular weight excluding hydrogens is 304 g/mol. The second kappa shape index (κ2) is 9.43. The number of nitrogens with one attached hydrogen (secondary N) is 2. The average Bonchev–Trinajstić information content (AvgIpc) is 2.49. The number of carbonyl (C=O) groups is 2. The van der Waals surface area contributed by atoms with Gasteiger partial charge in [-0.2, -0.15) is 0 Å². The molecule has 0 spiro atoms. The van der Waals surface area contributed by atoms with Gasteiger partial charge in [0.15, 0.2) is 0 Å². The zero-order valence-electron chi connectivity index (χ0n) is 12.8. The lowest BCUT2D eigenvalue weighted by molar-refractivity contribution is -0.116. The molecule has 1 amide bonds. The van der Waals surface area contributed by atoms with Crippen molar-refractivity contribution in [2.45, 2.75) is 38.6 Å². The number of esters is 1. The molecule has 0 radical (unpaired) electrons. The maximum Gasteiger partial charge on any atom is 0.338 e. The van der Waals surface area contributed by atoms with Gasteiger partial charge in [0.05, 0.1) is 12.2 Å². The van der Waals surface area contributed by atoms with Crippen LogP contribution in [0.2, 0.25) is 0 Å². The maximum absolute atomic E-state index is 12.0. The van der Waals surface area contributed by atoms with Crippen molar-refractivity contribution in [3.63, 3.8) is 0 Å². The van der Waals surface area contributed by atoms with Crippen LogP contribution >= 0.6 is 12.4 Å². The molecule has 1 heterocycles. The van der Waals surface area contributed by atoms with Crippen LogP contribution in [0.3, 0.4) is 0 Å². The molecule has 1 aliphatic rings. The fourth-order valence-electron chi connectivity index (χ4n) is 2.44. The second-order valence-corrected chi connectivity index (χ2v) is 5.20. The molecule has 1 aromatic carbocycles. The number of hydrogen-bond acceptors (Lipinski definition) is 4. The van der Waals surface area contributed by atoms with E-state index in [0.29, 0.717) is 24.3 Å². The van der Waals surface area contributed by atoms with Crippen LogP contribution in [0.5, 0.6) is 0 Å². The molecule has 22 heavy (non-hydrogen) atoms. The summed E-state index contributed by atoms with van der Waals surface area (Å²) in [6.07, 6.45) is 3.90. The number of ether oxygens (including phenoxy) is 1. The Bertz CT molecular complexity index is 485. The minimum Gasteiger partial charge on any atom is -0.462 e. The summed E-state index contributed by atoms with van der Waals surface area (Å²) in [5.74, 6) is -0.347. The summed E-state index contributed by atoms with van der Waals surface area (Å²) in [5, 5.41) is 6.21. The Morgan fingerprint density at radius 1 is 1.27 bits per heavy atom. The predicted molar refractivity (Wildman–Crippen MR) is 88.5 cm³/mol. The van der Waals surface area contributed by atoms with Crippen LogP contribution in [0.15, 0.2) is 24.3 Å². The largest absolute Gasteiger partial charge is 0.462 e. The van der Waals surface area contributed by atoms with Gasteiger partial charge >= 0.3 is 5.97 Å². The first-order chi connectivity index (χ1) is 10.2. The lowest BCUT2D eigenvalue weighted by atomic mass is 10.0. The van der Waals surface area contributed by atoms with Gasteiger partial charge in [-0.1, -0.05) is 6.42 Å². The summed E-state index contributed by atoms with van der Waals surface area (Å²) >= 11 is 0. The molecule has 5 nitrogen and oxygen atoms in total. The summed E-state index contributed by atoms with van der Waals surface area (Å²) in [4.78, 5) is 23.5. The topological polar surface area (TPSA) is 67.4 Å². The molecular formula is C16H23ClN2O3. The first-order valence-electron chi connectivity index (χ1n) is 7.49. The van der Waals surface area contributed by atoms with Crippen LogP contribution in [0.4, 0.5) is 5.69 Å². The van der Waals surface area contributed by atoms with E-state index in [4.69, 9.17) is 4.74 Å². The molecule has 0 aromatic heterocycles. The van der Waals surface area contributed by atoms with Crippen molar-refractivity contribution in [2.24, 2.45) is 0 Å². The van der Waals surface area contributed by atoms with E-state index >= 15 is 0 Å². The van der Waals surface area contributed by atoms with Crippen LogP contribution in [-0.4, -0.2) is 31.1 Å². The standard InChI is InChI=1S/C16H22N2O3.ClH/c1-2-21-16(20)12-6-8-13(9-7-12)18-15(19)11-14-5-3-4-10-17-14;/h6-9,14,17H,2-5,10-11H2,1H3,(H,18,19);1H. The van der Waals surface area contributed by atoms with Gasteiger partial charge < -0.3 is 15.4 Å². The van der Waals surface area contributed by atoms with Gasteiger partial charge in [0.2, 0.25) is 5.91 Å². The molecule has 0 saturated carbocycles. The van der Waals surface area contributed by atoms with Gasteiger partial charge in [-0.15, -0.1) is 12.4 Å². The maximum atomic E-state index is 12.0. The van der Waals surface area contributed by atoms with E-state index in [2.05, 4.69) is 10.6 Å². The normalized spacial score (nSPS) is 17.2. The van der Waals surface area contributed by atoms with Crippen molar-refractivity contribution in [1.82, 2.24) is 5.32 Å². The monoisotopic (exact) mass is 326 g/mol. The summed E-state index contributed by atoms with van der Waals surface area (Å²) in [6, 6.07) is 7.04. The van der Waals surface area contributed by atoms with Crippen molar-refractivity contribution >= 4 is 30.0 Å². The molecule has 1 aliphatic heterocycles. The zero-order chi connectivity index (χ0) is 15.1. The minimum absolute atomic E-state index is 0. The fourth-order valence-corrected chi connectivity index (χ4v) is 2.44. The third-order valence-corrected chi connectivity index (χ3v) is 3.52. The summed E-state index contributed by atoms with van der Waals surface area (Å²) in [6.45, 7) is 3.11. The number of halogens is 1. The summed E-state index contributed by atoms with van der Waals surface area (Å²) in [7, 11) is 0. The van der Waals surface area contributed by atoms with E-state index in [1.807, 2.05) is 0 Å². The van der Waals surface area contributed by atoms with Gasteiger partial charge in [0, 0.05) is 18.2 Å². The molecule has 0 aliphatic carbocycles. The molecule has 1 saturated heterocycles. The number of hydrogen-bond donors (Lipinski definition) is 2. The Kier molecular flexibility index (Phi) is 7.91. The SMILES string of the molecule is CCOC(=O)c1ccc(NC(=O)CC2CCCCN2)cc1.Cl. The predicted octanol–water partition coefficient (Wildman–Crippen LogP) is 2.76. The third kappa shape index (κ3) is 5.66. The molecule has 1 aromatic rings. The van der Waals surface area contributed by atoms with Crippen molar-refractivity contribution in [1.29, 1.82) is 0 Å². The minimum atomic E-state index is -0.346. The molecule has 1 atom stereocenters. The Hall–Kier alpha value is -1.59. The molecule has 2 N–H and O–H groups in total. The van der Waals surface area contributed by atoms with Gasteiger partial charge in [0.25, 0.3) is 0 Å². The van der Waals surface area contributed by atoms with Crippen molar-refractivity contribution in [3.05, 3.63) is 29.8 Å². The molecule has 6 heteroatoms. The highest BCUT2D eigenvalue weighted by Crippen LogP contribution is 2.14. The highest BCUT2D eigenvalue weighted by atomic mass is 35.5. The van der Waals surface area contributed by atoms with E-state index in [0.717, 1.165) is 13.0 Å². The summed E-state index contributed by atoms with van der Waals surface area (Å²) in [5.41, 5.74) is 1.19. The van der Waals surface area contributed by atoms with E-state index in [9.17, 15) is 9.59 Å². The van der Waals surface area contributed by atoms with Gasteiger partial charge in [-0.3, -0.25) is 4.79 Å². The van der Waals surface area contributed by atoms with Crippen LogP contribution < -0.4 is 10.6 Å². The van der Waals surface area contributed by atoms with Crippen molar-refractivity contribution in [2.75, 3.05) is 18.5 Å². The number of piperidine rings is 1. The van der Waals surface area contributed by atoms with Gasteiger partial charge in [-0.25, -0.2) is 4.79 Å².